The highest BCUT2D eigenvalue weighted by Crippen LogP contribution is 2.47. The molecule has 0 bridgehead atoms. The molecule has 1 aromatic carbocycles. The maximum absolute atomic E-state index is 12.6. The lowest BCUT2D eigenvalue weighted by Crippen LogP contribution is -2.48. The number of hydrogen-bond acceptors (Lipinski definition) is 3. The number of anilines is 1. The molecule has 0 aromatic heterocycles. The van der Waals surface area contributed by atoms with Crippen molar-refractivity contribution in [3.63, 3.8) is 0 Å². The molecule has 0 saturated carbocycles. The van der Waals surface area contributed by atoms with Crippen LogP contribution in [0.1, 0.15) is 46.1 Å². The van der Waals surface area contributed by atoms with E-state index in [1.165, 1.54) is 5.56 Å². The van der Waals surface area contributed by atoms with E-state index in [4.69, 9.17) is 0 Å². The Balaban J connectivity index is 1.71. The Hall–Kier alpha value is -1.49. The van der Waals surface area contributed by atoms with Crippen LogP contribution in [-0.2, 0) is 15.0 Å². The van der Waals surface area contributed by atoms with Gasteiger partial charge in [-0.05, 0) is 36.5 Å². The molecule has 3 rings (SSSR count). The van der Waals surface area contributed by atoms with Gasteiger partial charge in [0.2, 0.25) is 11.8 Å². The Morgan fingerprint density at radius 3 is 2.57 bits per heavy atom. The van der Waals surface area contributed by atoms with Crippen molar-refractivity contribution in [1.82, 2.24) is 4.90 Å². The number of carbonyl (C=O) groups excluding carboxylic acids is 2. The summed E-state index contributed by atoms with van der Waals surface area (Å²) in [5.41, 5.74) is 2.11. The molecule has 2 atom stereocenters. The molecule has 23 heavy (non-hydrogen) atoms. The van der Waals surface area contributed by atoms with E-state index in [2.05, 4.69) is 33.0 Å². The Bertz CT molecular complexity index is 635. The first-order chi connectivity index (χ1) is 10.7. The van der Waals surface area contributed by atoms with Gasteiger partial charge in [-0.3, -0.25) is 9.59 Å². The third-order valence-electron chi connectivity index (χ3n) is 4.77. The van der Waals surface area contributed by atoms with Crippen molar-refractivity contribution in [2.75, 3.05) is 11.1 Å². The lowest BCUT2D eigenvalue weighted by Gasteiger charge is -2.29. The smallest absolute Gasteiger partial charge is 0.248 e. The first-order valence-electron chi connectivity index (χ1n) is 8.08. The molecule has 0 unspecified atom stereocenters. The number of carbonyl (C=O) groups is 2. The number of fused-ring (bicyclic) bond motifs is 1. The summed E-state index contributed by atoms with van der Waals surface area (Å²) >= 11 is 1.72. The van der Waals surface area contributed by atoms with E-state index < -0.39 is 0 Å². The fraction of sp³-hybridized carbons (Fsp3) is 0.556. The normalized spacial score (nSPS) is 27.2. The highest BCUT2D eigenvalue weighted by molar-refractivity contribution is 8.01. The SMILES string of the molecule is CC(C)(C)c1ccc(NC(=O)[C@@H]2CS[C@@]3(C)CCC(=O)N23)cc1. The number of nitrogens with zero attached hydrogens (tertiary/aromatic N) is 1. The molecule has 2 fully saturated rings. The van der Waals surface area contributed by atoms with Crippen LogP contribution in [0.25, 0.3) is 0 Å². The molecule has 1 N–H and O–H groups in total. The minimum atomic E-state index is -0.359. The lowest BCUT2D eigenvalue weighted by molar-refractivity contribution is -0.135. The summed E-state index contributed by atoms with van der Waals surface area (Å²) < 4.78 is 0. The van der Waals surface area contributed by atoms with Gasteiger partial charge in [0.1, 0.15) is 6.04 Å². The fourth-order valence-corrected chi connectivity index (χ4v) is 4.73. The van der Waals surface area contributed by atoms with Crippen molar-refractivity contribution in [3.8, 4) is 0 Å². The average Bonchev–Trinajstić information content (AvgIpc) is 2.96. The van der Waals surface area contributed by atoms with Crippen LogP contribution < -0.4 is 5.32 Å². The van der Waals surface area contributed by atoms with Gasteiger partial charge >= 0.3 is 0 Å². The summed E-state index contributed by atoms with van der Waals surface area (Å²) in [6.07, 6.45) is 1.38. The minimum absolute atomic E-state index is 0.0833. The summed E-state index contributed by atoms with van der Waals surface area (Å²) in [5.74, 6) is 0.689. The zero-order valence-electron chi connectivity index (χ0n) is 14.2. The lowest BCUT2D eigenvalue weighted by atomic mass is 9.87. The first kappa shape index (κ1) is 16.4. The average molecular weight is 332 g/mol. The Morgan fingerprint density at radius 1 is 1.30 bits per heavy atom. The molecule has 2 aliphatic rings. The number of amides is 2. The fourth-order valence-electron chi connectivity index (χ4n) is 3.29. The molecule has 0 radical (unpaired) electrons. The second kappa shape index (κ2) is 5.55. The Labute approximate surface area is 142 Å². The standard InChI is InChI=1S/C18H24N2O2S/c1-17(2,3)12-5-7-13(8-6-12)19-16(22)14-11-23-18(4)10-9-15(21)20(14)18/h5-8,14H,9-11H2,1-4H3,(H,19,22)/t14-,18-/m0/s1. The van der Waals surface area contributed by atoms with Gasteiger partial charge in [0.15, 0.2) is 0 Å². The van der Waals surface area contributed by atoms with Crippen LogP contribution in [0.5, 0.6) is 0 Å². The first-order valence-corrected chi connectivity index (χ1v) is 9.07. The molecular weight excluding hydrogens is 308 g/mol. The zero-order chi connectivity index (χ0) is 16.8. The quantitative estimate of drug-likeness (QED) is 0.903. The van der Waals surface area contributed by atoms with E-state index in [1.807, 2.05) is 24.3 Å². The van der Waals surface area contributed by atoms with Crippen LogP contribution in [0.3, 0.4) is 0 Å². The number of thioether (sulfide) groups is 1. The van der Waals surface area contributed by atoms with Crippen molar-refractivity contribution in [2.24, 2.45) is 0 Å². The maximum atomic E-state index is 12.6. The van der Waals surface area contributed by atoms with Gasteiger partial charge < -0.3 is 10.2 Å². The van der Waals surface area contributed by atoms with Crippen LogP contribution in [-0.4, -0.2) is 33.4 Å². The van der Waals surface area contributed by atoms with Crippen LogP contribution >= 0.6 is 11.8 Å². The molecule has 0 spiro atoms. The van der Waals surface area contributed by atoms with Crippen molar-refractivity contribution < 1.29 is 9.59 Å². The van der Waals surface area contributed by atoms with Crippen LogP contribution in [0.4, 0.5) is 5.69 Å². The molecule has 2 heterocycles. The number of nitrogens with one attached hydrogen (secondary N) is 1. The van der Waals surface area contributed by atoms with Gasteiger partial charge in [0.05, 0.1) is 4.87 Å². The van der Waals surface area contributed by atoms with Crippen molar-refractivity contribution in [2.45, 2.75) is 56.9 Å². The van der Waals surface area contributed by atoms with E-state index in [-0.39, 0.29) is 28.1 Å². The zero-order valence-corrected chi connectivity index (χ0v) is 15.0. The van der Waals surface area contributed by atoms with Crippen LogP contribution in [0, 0.1) is 0 Å². The van der Waals surface area contributed by atoms with E-state index >= 15 is 0 Å². The van der Waals surface area contributed by atoms with E-state index in [1.54, 1.807) is 16.7 Å². The second-order valence-corrected chi connectivity index (χ2v) is 9.08. The predicted molar refractivity (Wildman–Crippen MR) is 94.5 cm³/mol. The van der Waals surface area contributed by atoms with Crippen molar-refractivity contribution in [1.29, 1.82) is 0 Å². The van der Waals surface area contributed by atoms with Gasteiger partial charge in [0.25, 0.3) is 0 Å². The van der Waals surface area contributed by atoms with E-state index in [0.29, 0.717) is 12.2 Å². The topological polar surface area (TPSA) is 49.4 Å². The molecule has 2 aliphatic heterocycles. The second-order valence-electron chi connectivity index (χ2n) is 7.58. The summed E-state index contributed by atoms with van der Waals surface area (Å²) in [6.45, 7) is 8.55. The molecule has 2 amide bonds. The monoisotopic (exact) mass is 332 g/mol. The molecule has 124 valence electrons. The van der Waals surface area contributed by atoms with Gasteiger partial charge in [-0.2, -0.15) is 0 Å². The summed E-state index contributed by atoms with van der Waals surface area (Å²) in [5, 5.41) is 2.97. The van der Waals surface area contributed by atoms with Gasteiger partial charge in [-0.15, -0.1) is 11.8 Å². The molecule has 1 aromatic rings. The predicted octanol–water partition coefficient (Wildman–Crippen LogP) is 3.38. The number of hydrogen-bond donors (Lipinski definition) is 1. The van der Waals surface area contributed by atoms with Crippen molar-refractivity contribution in [3.05, 3.63) is 29.8 Å². The third-order valence-corrected chi connectivity index (χ3v) is 6.27. The van der Waals surface area contributed by atoms with E-state index in [0.717, 1.165) is 12.1 Å². The summed E-state index contributed by atoms with van der Waals surface area (Å²) in [6, 6.07) is 7.60. The molecule has 4 nitrogen and oxygen atoms in total. The highest BCUT2D eigenvalue weighted by Gasteiger charge is 2.52. The minimum Gasteiger partial charge on any atom is -0.324 e. The summed E-state index contributed by atoms with van der Waals surface area (Å²) in [7, 11) is 0. The summed E-state index contributed by atoms with van der Waals surface area (Å²) in [4.78, 5) is 26.3. The highest BCUT2D eigenvalue weighted by atomic mass is 32.2. The van der Waals surface area contributed by atoms with Gasteiger partial charge in [-0.1, -0.05) is 32.9 Å². The number of benzene rings is 1. The molecule has 2 saturated heterocycles. The van der Waals surface area contributed by atoms with Gasteiger partial charge in [0, 0.05) is 17.9 Å². The number of rotatable bonds is 2. The Kier molecular flexibility index (Phi) is 3.95. The van der Waals surface area contributed by atoms with Crippen LogP contribution in [0.2, 0.25) is 0 Å². The molecule has 0 aliphatic carbocycles. The Morgan fingerprint density at radius 2 is 1.96 bits per heavy atom. The largest absolute Gasteiger partial charge is 0.324 e. The molecule has 5 heteroatoms. The van der Waals surface area contributed by atoms with Crippen molar-refractivity contribution >= 4 is 29.3 Å². The maximum Gasteiger partial charge on any atom is 0.248 e. The van der Waals surface area contributed by atoms with E-state index in [9.17, 15) is 9.59 Å². The third kappa shape index (κ3) is 2.99. The van der Waals surface area contributed by atoms with Gasteiger partial charge in [-0.25, -0.2) is 0 Å². The van der Waals surface area contributed by atoms with Crippen LogP contribution in [0.15, 0.2) is 24.3 Å². The molecular formula is C18H24N2O2S.